The zero-order valence-electron chi connectivity index (χ0n) is 14.4. The van der Waals surface area contributed by atoms with E-state index in [-0.39, 0.29) is 11.0 Å². The molecule has 0 aliphatic carbocycles. The van der Waals surface area contributed by atoms with Gasteiger partial charge in [0, 0.05) is 23.7 Å². The maximum atomic E-state index is 4.44. The topological polar surface area (TPSA) is 3.24 Å². The van der Waals surface area contributed by atoms with Crippen LogP contribution in [0.5, 0.6) is 0 Å². The van der Waals surface area contributed by atoms with E-state index < -0.39 is 0 Å². The summed E-state index contributed by atoms with van der Waals surface area (Å²) in [5.41, 5.74) is 1.55. The average molecular weight is 253 g/mol. The van der Waals surface area contributed by atoms with Gasteiger partial charge in [0.05, 0.1) is 0 Å². The van der Waals surface area contributed by atoms with Crippen LogP contribution in [0.25, 0.3) is 0 Å². The summed E-state index contributed by atoms with van der Waals surface area (Å²) in [5.74, 6) is 1.88. The van der Waals surface area contributed by atoms with Gasteiger partial charge in [-0.2, -0.15) is 0 Å². The Kier molecular flexibility index (Phi) is 5.53. The molecule has 0 aromatic carbocycles. The van der Waals surface area contributed by atoms with Crippen LogP contribution in [0.3, 0.4) is 0 Å². The molecule has 0 rings (SSSR count). The van der Waals surface area contributed by atoms with Crippen molar-refractivity contribution < 1.29 is 0 Å². The predicted octanol–water partition coefficient (Wildman–Crippen LogP) is 5.18. The molecule has 1 nitrogen and oxygen atoms in total. The van der Waals surface area contributed by atoms with Gasteiger partial charge < -0.3 is 4.90 Å². The van der Waals surface area contributed by atoms with Crippen molar-refractivity contribution in [1.82, 2.24) is 4.90 Å². The lowest BCUT2D eigenvalue weighted by Crippen LogP contribution is -2.47. The summed E-state index contributed by atoms with van der Waals surface area (Å²) in [6.45, 7) is 25.2. The first-order chi connectivity index (χ1) is 7.86. The molecule has 0 bridgehead atoms. The van der Waals surface area contributed by atoms with E-state index in [0.717, 1.165) is 0 Å². The third-order valence-corrected chi connectivity index (χ3v) is 5.18. The first-order valence-corrected chi connectivity index (χ1v) is 7.30. The monoisotopic (exact) mass is 253 g/mol. The summed E-state index contributed by atoms with van der Waals surface area (Å²) in [7, 11) is 2.18. The van der Waals surface area contributed by atoms with E-state index in [4.69, 9.17) is 0 Å². The fraction of sp³-hybridized carbons (Fsp3) is 0.882. The number of hydrogen-bond donors (Lipinski definition) is 0. The molecule has 0 radical (unpaired) electrons. The summed E-state index contributed by atoms with van der Waals surface area (Å²) >= 11 is 0. The van der Waals surface area contributed by atoms with Crippen LogP contribution >= 0.6 is 0 Å². The van der Waals surface area contributed by atoms with Crippen molar-refractivity contribution in [3.8, 4) is 0 Å². The molecule has 1 heteroatoms. The maximum absolute atomic E-state index is 4.44. The van der Waals surface area contributed by atoms with Crippen molar-refractivity contribution in [2.24, 2.45) is 23.2 Å². The normalized spacial score (nSPS) is 17.8. The van der Waals surface area contributed by atoms with E-state index in [1.807, 2.05) is 0 Å². The van der Waals surface area contributed by atoms with Gasteiger partial charge in [-0.1, -0.05) is 48.1 Å². The molecule has 0 N–H and O–H groups in total. The van der Waals surface area contributed by atoms with Crippen molar-refractivity contribution in [2.75, 3.05) is 7.05 Å². The lowest BCUT2D eigenvalue weighted by atomic mass is 9.63. The SMILES string of the molecule is C=C(N(C)C(C)(C)C)C(C)(C(C)C)C(C)C(C)C. The number of hydrogen-bond acceptors (Lipinski definition) is 1. The minimum atomic E-state index is 0.129. The summed E-state index contributed by atoms with van der Waals surface area (Å²) in [5, 5.41) is 0. The van der Waals surface area contributed by atoms with Gasteiger partial charge in [-0.25, -0.2) is 0 Å². The largest absolute Gasteiger partial charge is 0.373 e. The third kappa shape index (κ3) is 3.30. The molecule has 0 heterocycles. The lowest BCUT2D eigenvalue weighted by molar-refractivity contribution is 0.0710. The second-order valence-corrected chi connectivity index (χ2v) is 7.65. The zero-order valence-corrected chi connectivity index (χ0v) is 14.4. The van der Waals surface area contributed by atoms with E-state index in [1.54, 1.807) is 0 Å². The quantitative estimate of drug-likeness (QED) is 0.652. The molecule has 18 heavy (non-hydrogen) atoms. The Morgan fingerprint density at radius 3 is 1.56 bits per heavy atom. The molecule has 0 saturated heterocycles. The number of rotatable bonds is 5. The van der Waals surface area contributed by atoms with Gasteiger partial charge in [-0.3, -0.25) is 0 Å². The van der Waals surface area contributed by atoms with Crippen LogP contribution in [0.2, 0.25) is 0 Å². The van der Waals surface area contributed by atoms with Crippen molar-refractivity contribution in [3.05, 3.63) is 12.3 Å². The van der Waals surface area contributed by atoms with Crippen molar-refractivity contribution in [1.29, 1.82) is 0 Å². The highest BCUT2D eigenvalue weighted by molar-refractivity contribution is 5.13. The van der Waals surface area contributed by atoms with Gasteiger partial charge in [0.2, 0.25) is 0 Å². The van der Waals surface area contributed by atoms with E-state index in [1.165, 1.54) is 5.70 Å². The van der Waals surface area contributed by atoms with Gasteiger partial charge in [0.15, 0.2) is 0 Å². The first kappa shape index (κ1) is 17.5. The summed E-state index contributed by atoms with van der Waals surface area (Å²) in [6.07, 6.45) is 0. The molecular weight excluding hydrogens is 218 g/mol. The molecule has 2 unspecified atom stereocenters. The summed E-state index contributed by atoms with van der Waals surface area (Å²) in [6, 6.07) is 0. The van der Waals surface area contributed by atoms with E-state index in [9.17, 15) is 0 Å². The lowest BCUT2D eigenvalue weighted by Gasteiger charge is -2.49. The molecule has 0 aromatic heterocycles. The van der Waals surface area contributed by atoms with Crippen molar-refractivity contribution >= 4 is 0 Å². The minimum absolute atomic E-state index is 0.129. The average Bonchev–Trinajstić information content (AvgIpc) is 2.22. The van der Waals surface area contributed by atoms with Gasteiger partial charge in [-0.05, 0) is 38.5 Å². The van der Waals surface area contributed by atoms with E-state index in [0.29, 0.717) is 17.8 Å². The van der Waals surface area contributed by atoms with E-state index >= 15 is 0 Å². The fourth-order valence-corrected chi connectivity index (χ4v) is 2.58. The first-order valence-electron chi connectivity index (χ1n) is 7.30. The molecule has 0 fully saturated rings. The van der Waals surface area contributed by atoms with Crippen LogP contribution in [-0.4, -0.2) is 17.5 Å². The Balaban J connectivity index is 5.44. The Morgan fingerprint density at radius 1 is 0.944 bits per heavy atom. The molecular formula is C17H35N. The van der Waals surface area contributed by atoms with E-state index in [2.05, 4.69) is 80.8 Å². The van der Waals surface area contributed by atoms with Crippen molar-refractivity contribution in [3.63, 3.8) is 0 Å². The highest BCUT2D eigenvalue weighted by Crippen LogP contribution is 2.46. The fourth-order valence-electron chi connectivity index (χ4n) is 2.58. The minimum Gasteiger partial charge on any atom is -0.373 e. The molecule has 0 aliphatic heterocycles. The molecule has 0 aromatic rings. The Hall–Kier alpha value is -0.460. The highest BCUT2D eigenvalue weighted by Gasteiger charge is 2.41. The highest BCUT2D eigenvalue weighted by atomic mass is 15.2. The standard InChI is InChI=1S/C17H35N/c1-12(2)14(5)17(10,13(3)4)15(6)18(11)16(7,8)9/h12-14H,6H2,1-5,7-11H3. The Bertz CT molecular complexity index is 282. The van der Waals surface area contributed by atoms with Gasteiger partial charge >= 0.3 is 0 Å². The number of allylic oxidation sites excluding steroid dienone is 1. The van der Waals surface area contributed by atoms with Crippen LogP contribution in [0.15, 0.2) is 12.3 Å². The van der Waals surface area contributed by atoms with Crippen LogP contribution in [-0.2, 0) is 0 Å². The molecule has 0 spiro atoms. The van der Waals surface area contributed by atoms with Crippen LogP contribution in [0, 0.1) is 23.2 Å². The van der Waals surface area contributed by atoms with Crippen LogP contribution in [0.1, 0.15) is 62.3 Å². The second-order valence-electron chi connectivity index (χ2n) is 7.65. The van der Waals surface area contributed by atoms with Gasteiger partial charge in [-0.15, -0.1) is 0 Å². The summed E-state index contributed by atoms with van der Waals surface area (Å²) < 4.78 is 0. The molecule has 0 saturated carbocycles. The maximum Gasteiger partial charge on any atom is 0.0311 e. The Labute approximate surface area is 116 Å². The van der Waals surface area contributed by atoms with Gasteiger partial charge in [0.25, 0.3) is 0 Å². The molecule has 0 amide bonds. The van der Waals surface area contributed by atoms with Gasteiger partial charge in [0.1, 0.15) is 0 Å². The smallest absolute Gasteiger partial charge is 0.0311 e. The Morgan fingerprint density at radius 2 is 1.33 bits per heavy atom. The number of nitrogens with zero attached hydrogens (tertiary/aromatic N) is 1. The zero-order chi connectivity index (χ0) is 14.9. The third-order valence-electron chi connectivity index (χ3n) is 5.18. The van der Waals surface area contributed by atoms with Crippen molar-refractivity contribution in [2.45, 2.75) is 67.9 Å². The molecule has 0 aliphatic rings. The molecule has 2 atom stereocenters. The summed E-state index contributed by atoms with van der Waals surface area (Å²) in [4.78, 5) is 2.35. The molecule has 108 valence electrons. The van der Waals surface area contributed by atoms with Crippen LogP contribution in [0.4, 0.5) is 0 Å². The predicted molar refractivity (Wildman–Crippen MR) is 83.6 cm³/mol. The van der Waals surface area contributed by atoms with Crippen LogP contribution < -0.4 is 0 Å². The second kappa shape index (κ2) is 5.67.